The number of guanidine groups is 1. The van der Waals surface area contributed by atoms with Gasteiger partial charge in [-0.2, -0.15) is 0 Å². The smallest absolute Gasteiger partial charge is 0.188 e. The van der Waals surface area contributed by atoms with E-state index in [1.807, 2.05) is 6.92 Å². The van der Waals surface area contributed by atoms with Crippen LogP contribution in [0.1, 0.15) is 44.2 Å². The van der Waals surface area contributed by atoms with E-state index in [0.29, 0.717) is 12.5 Å². The molecule has 1 aliphatic heterocycles. The summed E-state index contributed by atoms with van der Waals surface area (Å²) in [5.74, 6) is 1.38. The molecule has 0 radical (unpaired) electrons. The molecule has 2 rings (SSSR count). The lowest BCUT2D eigenvalue weighted by Gasteiger charge is -2.30. The minimum atomic E-state index is 0.506. The van der Waals surface area contributed by atoms with Gasteiger partial charge < -0.3 is 15.8 Å². The van der Waals surface area contributed by atoms with Gasteiger partial charge >= 0.3 is 0 Å². The Morgan fingerprint density at radius 2 is 2.08 bits per heavy atom. The number of rotatable bonds is 9. The predicted molar refractivity (Wildman–Crippen MR) is 105 cm³/mol. The summed E-state index contributed by atoms with van der Waals surface area (Å²) < 4.78 is 5.30. The second-order valence-corrected chi connectivity index (χ2v) is 6.96. The van der Waals surface area contributed by atoms with E-state index in [-0.39, 0.29) is 0 Å². The number of hydrogen-bond acceptors (Lipinski definition) is 3. The first-order valence-corrected chi connectivity index (χ1v) is 9.59. The Morgan fingerprint density at radius 3 is 2.84 bits per heavy atom. The number of aliphatic imine (C=N–C) groups is 1. The van der Waals surface area contributed by atoms with Gasteiger partial charge in [-0.15, -0.1) is 0 Å². The van der Waals surface area contributed by atoms with E-state index in [1.54, 1.807) is 0 Å². The van der Waals surface area contributed by atoms with Gasteiger partial charge in [-0.3, -0.25) is 4.90 Å². The van der Waals surface area contributed by atoms with Crippen molar-refractivity contribution in [3.05, 3.63) is 35.4 Å². The Balaban J connectivity index is 1.75. The van der Waals surface area contributed by atoms with Crippen LogP contribution in [0.25, 0.3) is 0 Å². The lowest BCUT2D eigenvalue weighted by Crippen LogP contribution is -2.33. The molecule has 1 heterocycles. The molecule has 0 amide bonds. The first-order valence-electron chi connectivity index (χ1n) is 9.59. The number of piperidine rings is 1. The van der Waals surface area contributed by atoms with Crippen molar-refractivity contribution in [2.75, 3.05) is 32.8 Å². The van der Waals surface area contributed by atoms with E-state index in [1.165, 1.54) is 37.1 Å². The second-order valence-electron chi connectivity index (χ2n) is 6.96. The van der Waals surface area contributed by atoms with Crippen LogP contribution in [0, 0.1) is 5.92 Å². The fraction of sp³-hybridized carbons (Fsp3) is 0.650. The molecule has 0 unspecified atom stereocenters. The van der Waals surface area contributed by atoms with Gasteiger partial charge in [-0.25, -0.2) is 4.99 Å². The Labute approximate surface area is 152 Å². The van der Waals surface area contributed by atoms with Crippen LogP contribution < -0.4 is 11.1 Å². The van der Waals surface area contributed by atoms with Crippen LogP contribution in [0.2, 0.25) is 0 Å². The Morgan fingerprint density at radius 1 is 1.32 bits per heavy atom. The monoisotopic (exact) mass is 346 g/mol. The molecule has 1 saturated heterocycles. The zero-order valence-corrected chi connectivity index (χ0v) is 15.8. The molecular weight excluding hydrogens is 312 g/mol. The highest BCUT2D eigenvalue weighted by molar-refractivity contribution is 5.77. The zero-order valence-electron chi connectivity index (χ0n) is 15.8. The fourth-order valence-electron chi connectivity index (χ4n) is 3.07. The van der Waals surface area contributed by atoms with Crippen molar-refractivity contribution in [2.45, 2.75) is 46.2 Å². The molecule has 0 aromatic heterocycles. The second kappa shape index (κ2) is 11.1. The van der Waals surface area contributed by atoms with Crippen LogP contribution >= 0.6 is 0 Å². The average molecular weight is 347 g/mol. The normalized spacial score (nSPS) is 17.0. The van der Waals surface area contributed by atoms with Crippen LogP contribution in [0.4, 0.5) is 0 Å². The van der Waals surface area contributed by atoms with Gasteiger partial charge in [-0.1, -0.05) is 31.2 Å². The molecule has 1 aliphatic rings. The minimum absolute atomic E-state index is 0.506. The number of ether oxygens (including phenoxy) is 1. The first-order chi connectivity index (χ1) is 12.2. The van der Waals surface area contributed by atoms with Crippen LogP contribution in [-0.2, 0) is 17.8 Å². The van der Waals surface area contributed by atoms with Gasteiger partial charge in [0.25, 0.3) is 0 Å². The quantitative estimate of drug-likeness (QED) is 0.410. The molecular formula is C20H34N4O. The molecule has 0 bridgehead atoms. The van der Waals surface area contributed by atoms with Gasteiger partial charge in [0.05, 0.1) is 6.54 Å². The largest absolute Gasteiger partial charge is 0.382 e. The Hall–Kier alpha value is -1.59. The highest BCUT2D eigenvalue weighted by Crippen LogP contribution is 2.18. The van der Waals surface area contributed by atoms with E-state index in [2.05, 4.69) is 46.4 Å². The number of hydrogen-bond donors (Lipinski definition) is 2. The molecule has 3 N–H and O–H groups in total. The van der Waals surface area contributed by atoms with Crippen molar-refractivity contribution in [1.82, 2.24) is 10.2 Å². The minimum Gasteiger partial charge on any atom is -0.382 e. The van der Waals surface area contributed by atoms with Gasteiger partial charge in [0, 0.05) is 26.3 Å². The highest BCUT2D eigenvalue weighted by atomic mass is 16.5. The third-order valence-corrected chi connectivity index (χ3v) is 4.68. The molecule has 0 atom stereocenters. The van der Waals surface area contributed by atoms with Crippen molar-refractivity contribution in [3.8, 4) is 0 Å². The predicted octanol–water partition coefficient (Wildman–Crippen LogP) is 2.75. The number of benzene rings is 1. The average Bonchev–Trinajstić information content (AvgIpc) is 2.62. The van der Waals surface area contributed by atoms with E-state index >= 15 is 0 Å². The molecule has 140 valence electrons. The summed E-state index contributed by atoms with van der Waals surface area (Å²) in [6, 6.07) is 8.70. The molecule has 25 heavy (non-hydrogen) atoms. The third-order valence-electron chi connectivity index (χ3n) is 4.68. The van der Waals surface area contributed by atoms with E-state index in [9.17, 15) is 0 Å². The van der Waals surface area contributed by atoms with E-state index in [0.717, 1.165) is 38.6 Å². The van der Waals surface area contributed by atoms with E-state index in [4.69, 9.17) is 10.5 Å². The van der Waals surface area contributed by atoms with Gasteiger partial charge in [0.1, 0.15) is 0 Å². The summed E-state index contributed by atoms with van der Waals surface area (Å²) in [4.78, 5) is 6.99. The van der Waals surface area contributed by atoms with E-state index < -0.39 is 0 Å². The van der Waals surface area contributed by atoms with Crippen molar-refractivity contribution in [2.24, 2.45) is 16.6 Å². The number of nitrogens with two attached hydrogens (primary N) is 1. The van der Waals surface area contributed by atoms with Crippen LogP contribution in [-0.4, -0.2) is 43.7 Å². The summed E-state index contributed by atoms with van der Waals surface area (Å²) in [5.41, 5.74) is 8.50. The molecule has 5 heteroatoms. The number of nitrogens with one attached hydrogen (secondary N) is 1. The molecule has 5 nitrogen and oxygen atoms in total. The van der Waals surface area contributed by atoms with Crippen LogP contribution in [0.5, 0.6) is 0 Å². The van der Waals surface area contributed by atoms with Crippen molar-refractivity contribution < 1.29 is 4.74 Å². The highest BCUT2D eigenvalue weighted by Gasteiger charge is 2.15. The lowest BCUT2D eigenvalue weighted by atomic mass is 9.98. The lowest BCUT2D eigenvalue weighted by molar-refractivity contribution is 0.145. The van der Waals surface area contributed by atoms with Gasteiger partial charge in [-0.05, 0) is 56.3 Å². The molecule has 1 aromatic rings. The van der Waals surface area contributed by atoms with Crippen LogP contribution in [0.3, 0.4) is 0 Å². The molecule has 1 aromatic carbocycles. The summed E-state index contributed by atoms with van der Waals surface area (Å²) in [6.07, 6.45) is 3.57. The molecule has 0 aliphatic carbocycles. The Bertz CT molecular complexity index is 524. The fourth-order valence-corrected chi connectivity index (χ4v) is 3.07. The summed E-state index contributed by atoms with van der Waals surface area (Å²) in [7, 11) is 0. The topological polar surface area (TPSA) is 62.9 Å². The maximum Gasteiger partial charge on any atom is 0.188 e. The van der Waals surface area contributed by atoms with Gasteiger partial charge in [0.15, 0.2) is 5.96 Å². The molecule has 0 saturated carbocycles. The van der Waals surface area contributed by atoms with Crippen LogP contribution in [0.15, 0.2) is 29.3 Å². The number of likely N-dealkylation sites (tertiary alicyclic amines) is 1. The van der Waals surface area contributed by atoms with Crippen molar-refractivity contribution in [1.29, 1.82) is 0 Å². The summed E-state index contributed by atoms with van der Waals surface area (Å²) >= 11 is 0. The standard InChI is InChI=1S/C20H34N4O/c1-3-25-13-5-10-22-20(21)23-15-18-6-4-7-19(14-18)16-24-11-8-17(2)9-12-24/h4,6-7,14,17H,3,5,8-13,15-16H2,1-2H3,(H3,21,22,23). The summed E-state index contributed by atoms with van der Waals surface area (Å²) in [5, 5.41) is 3.14. The maximum atomic E-state index is 5.93. The third kappa shape index (κ3) is 7.88. The SMILES string of the molecule is CCOCCCNC(N)=NCc1cccc(CN2CCC(C)CC2)c1. The molecule has 1 fully saturated rings. The summed E-state index contributed by atoms with van der Waals surface area (Å²) in [6.45, 7) is 10.7. The number of nitrogens with zero attached hydrogens (tertiary/aromatic N) is 2. The Kier molecular flexibility index (Phi) is 8.77. The maximum absolute atomic E-state index is 5.93. The van der Waals surface area contributed by atoms with Crippen molar-refractivity contribution >= 4 is 5.96 Å². The first kappa shape index (κ1) is 19.7. The van der Waals surface area contributed by atoms with Gasteiger partial charge in [0.2, 0.25) is 0 Å². The van der Waals surface area contributed by atoms with Crippen molar-refractivity contribution in [3.63, 3.8) is 0 Å². The molecule has 0 spiro atoms. The zero-order chi connectivity index (χ0) is 17.9.